The maximum absolute atomic E-state index is 8.88. The van der Waals surface area contributed by atoms with E-state index >= 15 is 0 Å². The molecular formula is C16H21N3. The highest BCUT2D eigenvalue weighted by Gasteiger charge is 2.21. The highest BCUT2D eigenvalue weighted by atomic mass is 15.2. The van der Waals surface area contributed by atoms with E-state index in [1.807, 2.05) is 18.2 Å². The standard InChI is InChI=1S/C16H21N3/c1-2-3-4-16(19-11-9-18-10-12-19)15-7-5-14(13-17)6-8-15/h2,5-8,16,18H,1,3-4,9-12H2/t16-/m0/s1. The van der Waals surface area contributed by atoms with Gasteiger partial charge in [0, 0.05) is 32.2 Å². The number of allylic oxidation sites excluding steroid dienone is 1. The van der Waals surface area contributed by atoms with Crippen molar-refractivity contribution >= 4 is 0 Å². The first-order chi connectivity index (χ1) is 9.35. The summed E-state index contributed by atoms with van der Waals surface area (Å²) in [6.45, 7) is 8.11. The zero-order chi connectivity index (χ0) is 13.5. The summed E-state index contributed by atoms with van der Waals surface area (Å²) >= 11 is 0. The summed E-state index contributed by atoms with van der Waals surface area (Å²) < 4.78 is 0. The van der Waals surface area contributed by atoms with E-state index in [1.54, 1.807) is 0 Å². The topological polar surface area (TPSA) is 39.1 Å². The number of hydrogen-bond donors (Lipinski definition) is 1. The molecule has 0 spiro atoms. The van der Waals surface area contributed by atoms with Gasteiger partial charge in [0.05, 0.1) is 11.6 Å². The first-order valence-corrected chi connectivity index (χ1v) is 6.91. The van der Waals surface area contributed by atoms with Crippen LogP contribution in [0.5, 0.6) is 0 Å². The van der Waals surface area contributed by atoms with Crippen LogP contribution >= 0.6 is 0 Å². The van der Waals surface area contributed by atoms with Crippen LogP contribution in [0.25, 0.3) is 0 Å². The monoisotopic (exact) mass is 255 g/mol. The predicted octanol–water partition coefficient (Wildman–Crippen LogP) is 2.47. The van der Waals surface area contributed by atoms with Crippen LogP contribution in [0, 0.1) is 11.3 Å². The molecule has 1 aliphatic heterocycles. The number of nitrogens with zero attached hydrogens (tertiary/aromatic N) is 2. The molecule has 0 amide bonds. The van der Waals surface area contributed by atoms with Crippen LogP contribution in [0.1, 0.15) is 30.0 Å². The smallest absolute Gasteiger partial charge is 0.0991 e. The van der Waals surface area contributed by atoms with Crippen molar-refractivity contribution in [3.8, 4) is 6.07 Å². The second-order valence-corrected chi connectivity index (χ2v) is 4.90. The van der Waals surface area contributed by atoms with Crippen molar-refractivity contribution in [2.24, 2.45) is 0 Å². The van der Waals surface area contributed by atoms with E-state index < -0.39 is 0 Å². The first kappa shape index (κ1) is 13.8. The fourth-order valence-electron chi connectivity index (χ4n) is 2.61. The Hall–Kier alpha value is -1.63. The van der Waals surface area contributed by atoms with Gasteiger partial charge in [-0.25, -0.2) is 0 Å². The molecule has 0 bridgehead atoms. The molecule has 1 aromatic carbocycles. The lowest BCUT2D eigenvalue weighted by atomic mass is 9.98. The summed E-state index contributed by atoms with van der Waals surface area (Å²) in [5.41, 5.74) is 2.04. The van der Waals surface area contributed by atoms with Gasteiger partial charge in [0.15, 0.2) is 0 Å². The Kier molecular flexibility index (Phi) is 5.14. The lowest BCUT2D eigenvalue weighted by Gasteiger charge is -2.35. The van der Waals surface area contributed by atoms with E-state index in [0.717, 1.165) is 44.6 Å². The Labute approximate surface area is 115 Å². The van der Waals surface area contributed by atoms with E-state index in [1.165, 1.54) is 5.56 Å². The molecule has 1 fully saturated rings. The van der Waals surface area contributed by atoms with E-state index in [9.17, 15) is 0 Å². The minimum Gasteiger partial charge on any atom is -0.314 e. The molecule has 0 radical (unpaired) electrons. The van der Waals surface area contributed by atoms with Gasteiger partial charge < -0.3 is 5.32 Å². The summed E-state index contributed by atoms with van der Waals surface area (Å²) in [6, 6.07) is 10.6. The van der Waals surface area contributed by atoms with Crippen LogP contribution < -0.4 is 5.32 Å². The molecule has 0 aromatic heterocycles. The Balaban J connectivity index is 2.14. The Morgan fingerprint density at radius 2 is 2.00 bits per heavy atom. The molecule has 1 heterocycles. The molecule has 1 saturated heterocycles. The molecule has 1 aliphatic rings. The van der Waals surface area contributed by atoms with Crippen LogP contribution in [-0.4, -0.2) is 31.1 Å². The maximum Gasteiger partial charge on any atom is 0.0991 e. The Morgan fingerprint density at radius 1 is 1.32 bits per heavy atom. The second-order valence-electron chi connectivity index (χ2n) is 4.90. The first-order valence-electron chi connectivity index (χ1n) is 6.91. The lowest BCUT2D eigenvalue weighted by molar-refractivity contribution is 0.166. The normalized spacial score (nSPS) is 17.6. The third-order valence-electron chi connectivity index (χ3n) is 3.66. The number of hydrogen-bond acceptors (Lipinski definition) is 3. The average Bonchev–Trinajstić information content (AvgIpc) is 2.49. The van der Waals surface area contributed by atoms with Crippen molar-refractivity contribution in [3.05, 3.63) is 48.0 Å². The van der Waals surface area contributed by atoms with Gasteiger partial charge in [-0.2, -0.15) is 5.26 Å². The zero-order valence-electron chi connectivity index (χ0n) is 11.3. The maximum atomic E-state index is 8.88. The van der Waals surface area contributed by atoms with E-state index in [4.69, 9.17) is 5.26 Å². The fourth-order valence-corrected chi connectivity index (χ4v) is 2.61. The molecular weight excluding hydrogens is 234 g/mol. The van der Waals surface area contributed by atoms with Gasteiger partial charge >= 0.3 is 0 Å². The van der Waals surface area contributed by atoms with Crippen molar-refractivity contribution in [3.63, 3.8) is 0 Å². The third-order valence-corrected chi connectivity index (χ3v) is 3.66. The van der Waals surface area contributed by atoms with Crippen LogP contribution in [0.15, 0.2) is 36.9 Å². The second kappa shape index (κ2) is 7.08. The fraction of sp³-hybridized carbons (Fsp3) is 0.438. The van der Waals surface area contributed by atoms with Crippen LogP contribution in [-0.2, 0) is 0 Å². The molecule has 3 heteroatoms. The van der Waals surface area contributed by atoms with Crippen LogP contribution in [0.4, 0.5) is 0 Å². The van der Waals surface area contributed by atoms with Gasteiger partial charge in [0.1, 0.15) is 0 Å². The van der Waals surface area contributed by atoms with Gasteiger partial charge in [-0.15, -0.1) is 6.58 Å². The Bertz CT molecular complexity index is 438. The predicted molar refractivity (Wildman–Crippen MR) is 77.8 cm³/mol. The van der Waals surface area contributed by atoms with Gasteiger partial charge in [0.25, 0.3) is 0 Å². The van der Waals surface area contributed by atoms with Gasteiger partial charge in [-0.1, -0.05) is 18.2 Å². The summed E-state index contributed by atoms with van der Waals surface area (Å²) in [7, 11) is 0. The van der Waals surface area contributed by atoms with E-state index in [2.05, 4.69) is 35.0 Å². The largest absolute Gasteiger partial charge is 0.314 e. The quantitative estimate of drug-likeness (QED) is 0.822. The molecule has 0 saturated carbocycles. The summed E-state index contributed by atoms with van der Waals surface area (Å²) in [6.07, 6.45) is 4.10. The summed E-state index contributed by atoms with van der Waals surface area (Å²) in [5, 5.41) is 12.3. The highest BCUT2D eigenvalue weighted by Crippen LogP contribution is 2.26. The van der Waals surface area contributed by atoms with E-state index in [0.29, 0.717) is 6.04 Å². The van der Waals surface area contributed by atoms with Gasteiger partial charge in [0.2, 0.25) is 0 Å². The van der Waals surface area contributed by atoms with Crippen molar-refractivity contribution < 1.29 is 0 Å². The summed E-state index contributed by atoms with van der Waals surface area (Å²) in [5.74, 6) is 0. The van der Waals surface area contributed by atoms with Crippen molar-refractivity contribution in [1.29, 1.82) is 5.26 Å². The number of piperazine rings is 1. The van der Waals surface area contributed by atoms with Crippen molar-refractivity contribution in [2.75, 3.05) is 26.2 Å². The van der Waals surface area contributed by atoms with Gasteiger partial charge in [-0.05, 0) is 30.5 Å². The lowest BCUT2D eigenvalue weighted by Crippen LogP contribution is -2.45. The van der Waals surface area contributed by atoms with Crippen LogP contribution in [0.2, 0.25) is 0 Å². The van der Waals surface area contributed by atoms with Crippen molar-refractivity contribution in [2.45, 2.75) is 18.9 Å². The SMILES string of the molecule is C=CCC[C@@H](c1ccc(C#N)cc1)N1CCNCC1. The molecule has 3 nitrogen and oxygen atoms in total. The Morgan fingerprint density at radius 3 is 2.58 bits per heavy atom. The summed E-state index contributed by atoms with van der Waals surface area (Å²) in [4.78, 5) is 2.53. The molecule has 1 N–H and O–H groups in total. The average molecular weight is 255 g/mol. The molecule has 100 valence electrons. The van der Waals surface area contributed by atoms with Crippen molar-refractivity contribution in [1.82, 2.24) is 10.2 Å². The van der Waals surface area contributed by atoms with Crippen LogP contribution in [0.3, 0.4) is 0 Å². The molecule has 1 atom stereocenters. The minimum atomic E-state index is 0.438. The van der Waals surface area contributed by atoms with Gasteiger partial charge in [-0.3, -0.25) is 4.90 Å². The number of nitriles is 1. The molecule has 19 heavy (non-hydrogen) atoms. The highest BCUT2D eigenvalue weighted by molar-refractivity contribution is 5.33. The zero-order valence-corrected chi connectivity index (χ0v) is 11.3. The molecule has 0 aliphatic carbocycles. The van der Waals surface area contributed by atoms with E-state index in [-0.39, 0.29) is 0 Å². The minimum absolute atomic E-state index is 0.438. The third kappa shape index (κ3) is 3.66. The number of rotatable bonds is 5. The number of benzene rings is 1. The molecule has 2 rings (SSSR count). The molecule has 1 aromatic rings. The molecule has 0 unspecified atom stereocenters. The number of nitrogens with one attached hydrogen (secondary N) is 1.